The lowest BCUT2D eigenvalue weighted by molar-refractivity contribution is 0.395. The summed E-state index contributed by atoms with van der Waals surface area (Å²) in [5, 5.41) is 3.21. The van der Waals surface area contributed by atoms with Crippen LogP contribution in [0.25, 0.3) is 0 Å². The number of rotatable bonds is 4. The van der Waals surface area contributed by atoms with Gasteiger partial charge >= 0.3 is 0 Å². The molecule has 0 spiro atoms. The van der Waals surface area contributed by atoms with E-state index < -0.39 is 0 Å². The molecule has 6 nitrogen and oxygen atoms in total. The molecule has 0 unspecified atom stereocenters. The maximum atomic E-state index is 5.85. The van der Waals surface area contributed by atoms with Crippen molar-refractivity contribution in [3.63, 3.8) is 0 Å². The van der Waals surface area contributed by atoms with Gasteiger partial charge in [-0.05, 0) is 13.8 Å². The van der Waals surface area contributed by atoms with Crippen molar-refractivity contribution < 1.29 is 9.47 Å². The molecule has 6 heteroatoms. The Morgan fingerprint density at radius 1 is 1.00 bits per heavy atom. The molecule has 0 bridgehead atoms. The molecule has 0 aliphatic heterocycles. The molecule has 2 aromatic rings. The zero-order valence-corrected chi connectivity index (χ0v) is 12.0. The molecule has 20 heavy (non-hydrogen) atoms. The minimum atomic E-state index is 0.467. The third-order valence-corrected chi connectivity index (χ3v) is 2.91. The van der Waals surface area contributed by atoms with E-state index in [1.54, 1.807) is 27.2 Å². The number of benzene rings is 1. The number of nitrogens with one attached hydrogen (secondary N) is 1. The molecular weight excluding hydrogens is 256 g/mol. The molecule has 0 aliphatic rings. The van der Waals surface area contributed by atoms with Crippen molar-refractivity contribution in [2.24, 2.45) is 0 Å². The van der Waals surface area contributed by atoms with Crippen LogP contribution in [0.4, 0.5) is 17.3 Å². The topological polar surface area (TPSA) is 82.3 Å². The highest BCUT2D eigenvalue weighted by Crippen LogP contribution is 2.29. The second-order valence-corrected chi connectivity index (χ2v) is 4.36. The standard InChI is InChI=1S/C14H18N4O2/c1-8-13(15)16-9(2)17-14(8)18-10-5-11(19-3)7-12(6-10)20-4/h5-7H,1-4H3,(H3,15,16,17,18). The van der Waals surface area contributed by atoms with Crippen LogP contribution in [-0.2, 0) is 0 Å². The molecule has 0 amide bonds. The molecule has 2 rings (SSSR count). The number of hydrogen-bond acceptors (Lipinski definition) is 6. The van der Waals surface area contributed by atoms with E-state index >= 15 is 0 Å². The highest BCUT2D eigenvalue weighted by molar-refractivity contribution is 5.66. The maximum absolute atomic E-state index is 5.85. The molecule has 1 aromatic heterocycles. The van der Waals surface area contributed by atoms with E-state index in [1.807, 2.05) is 19.1 Å². The van der Waals surface area contributed by atoms with Gasteiger partial charge in [0.2, 0.25) is 0 Å². The molecule has 0 atom stereocenters. The van der Waals surface area contributed by atoms with Crippen LogP contribution >= 0.6 is 0 Å². The van der Waals surface area contributed by atoms with Gasteiger partial charge in [0.15, 0.2) is 0 Å². The summed E-state index contributed by atoms with van der Waals surface area (Å²) in [6.45, 7) is 3.67. The number of nitrogens with zero attached hydrogens (tertiary/aromatic N) is 2. The van der Waals surface area contributed by atoms with Crippen LogP contribution in [0.1, 0.15) is 11.4 Å². The van der Waals surface area contributed by atoms with Crippen LogP contribution < -0.4 is 20.5 Å². The highest BCUT2D eigenvalue weighted by Gasteiger charge is 2.08. The minimum absolute atomic E-state index is 0.467. The van der Waals surface area contributed by atoms with E-state index in [0.29, 0.717) is 29.0 Å². The highest BCUT2D eigenvalue weighted by atomic mass is 16.5. The Balaban J connectivity index is 2.39. The first-order chi connectivity index (χ1) is 9.53. The van der Waals surface area contributed by atoms with Crippen LogP contribution in [0, 0.1) is 13.8 Å². The van der Waals surface area contributed by atoms with Gasteiger partial charge in [0.05, 0.1) is 14.2 Å². The summed E-state index contributed by atoms with van der Waals surface area (Å²) >= 11 is 0. The van der Waals surface area contributed by atoms with Gasteiger partial charge in [-0.1, -0.05) is 0 Å². The number of aromatic nitrogens is 2. The van der Waals surface area contributed by atoms with Gasteiger partial charge in [-0.15, -0.1) is 0 Å². The quantitative estimate of drug-likeness (QED) is 0.891. The number of methoxy groups -OCH3 is 2. The third-order valence-electron chi connectivity index (χ3n) is 2.91. The molecule has 1 heterocycles. The number of hydrogen-bond donors (Lipinski definition) is 2. The summed E-state index contributed by atoms with van der Waals surface area (Å²) in [7, 11) is 3.22. The molecule has 0 saturated carbocycles. The van der Waals surface area contributed by atoms with E-state index in [2.05, 4.69) is 15.3 Å². The first kappa shape index (κ1) is 13.9. The van der Waals surface area contributed by atoms with Crippen LogP contribution in [0.15, 0.2) is 18.2 Å². The molecule has 0 radical (unpaired) electrons. The van der Waals surface area contributed by atoms with Crippen LogP contribution in [0.5, 0.6) is 11.5 Å². The van der Waals surface area contributed by atoms with Gasteiger partial charge in [0.1, 0.15) is 29.0 Å². The molecular formula is C14H18N4O2. The van der Waals surface area contributed by atoms with Crippen molar-refractivity contribution in [1.29, 1.82) is 0 Å². The zero-order chi connectivity index (χ0) is 14.7. The Morgan fingerprint density at radius 2 is 1.60 bits per heavy atom. The zero-order valence-electron chi connectivity index (χ0n) is 12.0. The normalized spacial score (nSPS) is 10.2. The van der Waals surface area contributed by atoms with Crippen molar-refractivity contribution >= 4 is 17.3 Å². The average Bonchev–Trinajstić information content (AvgIpc) is 2.43. The lowest BCUT2D eigenvalue weighted by Gasteiger charge is -2.13. The Hall–Kier alpha value is -2.50. The van der Waals surface area contributed by atoms with Gasteiger partial charge < -0.3 is 20.5 Å². The second kappa shape index (κ2) is 5.64. The summed E-state index contributed by atoms with van der Waals surface area (Å²) < 4.78 is 10.5. The van der Waals surface area contributed by atoms with Gasteiger partial charge in [0, 0.05) is 29.4 Å². The van der Waals surface area contributed by atoms with Crippen LogP contribution in [0.3, 0.4) is 0 Å². The predicted octanol–water partition coefficient (Wildman–Crippen LogP) is 2.44. The van der Waals surface area contributed by atoms with Crippen molar-refractivity contribution in [1.82, 2.24) is 9.97 Å². The van der Waals surface area contributed by atoms with E-state index in [4.69, 9.17) is 15.2 Å². The number of aryl methyl sites for hydroxylation is 1. The van der Waals surface area contributed by atoms with Gasteiger partial charge in [0.25, 0.3) is 0 Å². The lowest BCUT2D eigenvalue weighted by atomic mass is 10.2. The van der Waals surface area contributed by atoms with Gasteiger partial charge in [-0.2, -0.15) is 0 Å². The second-order valence-electron chi connectivity index (χ2n) is 4.36. The molecule has 106 valence electrons. The smallest absolute Gasteiger partial charge is 0.139 e. The van der Waals surface area contributed by atoms with Crippen LogP contribution in [-0.4, -0.2) is 24.2 Å². The molecule has 3 N–H and O–H groups in total. The fraction of sp³-hybridized carbons (Fsp3) is 0.286. The average molecular weight is 274 g/mol. The van der Waals surface area contributed by atoms with Crippen molar-refractivity contribution in [3.8, 4) is 11.5 Å². The van der Waals surface area contributed by atoms with E-state index in [0.717, 1.165) is 11.3 Å². The first-order valence-corrected chi connectivity index (χ1v) is 6.14. The van der Waals surface area contributed by atoms with Gasteiger partial charge in [-0.25, -0.2) is 9.97 Å². The molecule has 0 fully saturated rings. The predicted molar refractivity (Wildman–Crippen MR) is 78.7 cm³/mol. The number of ether oxygens (including phenoxy) is 2. The van der Waals surface area contributed by atoms with Crippen molar-refractivity contribution in [2.45, 2.75) is 13.8 Å². The SMILES string of the molecule is COc1cc(Nc2nc(C)nc(N)c2C)cc(OC)c1. The summed E-state index contributed by atoms with van der Waals surface area (Å²) in [5.41, 5.74) is 7.46. The third kappa shape index (κ3) is 2.90. The Kier molecular flexibility index (Phi) is 3.93. The largest absolute Gasteiger partial charge is 0.497 e. The lowest BCUT2D eigenvalue weighted by Crippen LogP contribution is -2.05. The maximum Gasteiger partial charge on any atom is 0.139 e. The molecule has 0 saturated heterocycles. The van der Waals surface area contributed by atoms with Gasteiger partial charge in [-0.3, -0.25) is 0 Å². The van der Waals surface area contributed by atoms with E-state index in [9.17, 15) is 0 Å². The number of nitrogens with two attached hydrogens (primary N) is 1. The monoisotopic (exact) mass is 274 g/mol. The molecule has 1 aromatic carbocycles. The van der Waals surface area contributed by atoms with Crippen molar-refractivity contribution in [3.05, 3.63) is 29.6 Å². The summed E-state index contributed by atoms with van der Waals surface area (Å²) in [6.07, 6.45) is 0. The Morgan fingerprint density at radius 3 is 2.15 bits per heavy atom. The fourth-order valence-electron chi connectivity index (χ4n) is 1.79. The first-order valence-electron chi connectivity index (χ1n) is 6.14. The number of anilines is 3. The van der Waals surface area contributed by atoms with Crippen LogP contribution in [0.2, 0.25) is 0 Å². The Bertz CT molecular complexity index is 607. The summed E-state index contributed by atoms with van der Waals surface area (Å²) in [5.74, 6) is 3.15. The van der Waals surface area contributed by atoms with E-state index in [1.165, 1.54) is 0 Å². The minimum Gasteiger partial charge on any atom is -0.497 e. The fourth-order valence-corrected chi connectivity index (χ4v) is 1.79. The summed E-state index contributed by atoms with van der Waals surface area (Å²) in [6, 6.07) is 5.52. The number of nitrogen functional groups attached to an aromatic ring is 1. The van der Waals surface area contributed by atoms with Crippen molar-refractivity contribution in [2.75, 3.05) is 25.3 Å². The summed E-state index contributed by atoms with van der Waals surface area (Å²) in [4.78, 5) is 8.48. The van der Waals surface area contributed by atoms with E-state index in [-0.39, 0.29) is 0 Å². The molecule has 0 aliphatic carbocycles. The Labute approximate surface area is 118 Å².